The second kappa shape index (κ2) is 3.73. The predicted octanol–water partition coefficient (Wildman–Crippen LogP) is -0.848. The summed E-state index contributed by atoms with van der Waals surface area (Å²) in [5, 5.41) is 20.4. The molecule has 2 N–H and O–H groups in total. The van der Waals surface area contributed by atoms with Crippen LogP contribution in [0.4, 0.5) is 0 Å². The number of rotatable bonds is 0. The van der Waals surface area contributed by atoms with E-state index in [1.54, 1.807) is 0 Å². The number of aliphatic hydroxyl groups is 2. The van der Waals surface area contributed by atoms with Crippen molar-refractivity contribution in [3.05, 3.63) is 32.6 Å². The minimum Gasteiger partial charge on any atom is -0.388 e. The van der Waals surface area contributed by atoms with Gasteiger partial charge in [-0.15, -0.1) is 0 Å². The van der Waals surface area contributed by atoms with Crippen LogP contribution in [-0.2, 0) is 7.05 Å². The summed E-state index contributed by atoms with van der Waals surface area (Å²) >= 11 is 0. The molecule has 4 unspecified atom stereocenters. The lowest BCUT2D eigenvalue weighted by Gasteiger charge is -2.47. The van der Waals surface area contributed by atoms with Gasteiger partial charge in [-0.25, -0.2) is 23.5 Å². The maximum atomic E-state index is 12.2. The molecular formula is C13H19N3O4. The van der Waals surface area contributed by atoms with Crippen molar-refractivity contribution in [3.8, 4) is 0 Å². The van der Waals surface area contributed by atoms with Gasteiger partial charge in [0.2, 0.25) is 0 Å². The van der Waals surface area contributed by atoms with E-state index >= 15 is 0 Å². The van der Waals surface area contributed by atoms with Crippen LogP contribution in [-0.4, -0.2) is 36.4 Å². The standard InChI is InChI=1S/C13H19N3O4/c1-13(2,3)6-5-7-9(17)10(18)8(6)16-12(20)14(4)11(19)15(7)16/h5,7-10,17-18H,1-4H3. The fourth-order valence-electron chi connectivity index (χ4n) is 3.24. The van der Waals surface area contributed by atoms with Crippen LogP contribution in [0.1, 0.15) is 32.9 Å². The van der Waals surface area contributed by atoms with Gasteiger partial charge >= 0.3 is 11.4 Å². The molecule has 1 aromatic heterocycles. The third-order valence-electron chi connectivity index (χ3n) is 4.30. The van der Waals surface area contributed by atoms with Crippen LogP contribution >= 0.6 is 0 Å². The third-order valence-corrected chi connectivity index (χ3v) is 4.30. The smallest absolute Gasteiger partial charge is 0.347 e. The summed E-state index contributed by atoms with van der Waals surface area (Å²) in [5.74, 6) is 0. The molecule has 1 aromatic rings. The van der Waals surface area contributed by atoms with Gasteiger partial charge in [-0.3, -0.25) is 0 Å². The van der Waals surface area contributed by atoms with Crippen molar-refractivity contribution in [2.24, 2.45) is 12.5 Å². The summed E-state index contributed by atoms with van der Waals surface area (Å²) in [4.78, 5) is 24.3. The van der Waals surface area contributed by atoms with Crippen molar-refractivity contribution in [3.63, 3.8) is 0 Å². The Balaban J connectivity index is 2.35. The molecule has 20 heavy (non-hydrogen) atoms. The van der Waals surface area contributed by atoms with E-state index < -0.39 is 35.7 Å². The molecule has 2 bridgehead atoms. The van der Waals surface area contributed by atoms with Crippen molar-refractivity contribution in [2.75, 3.05) is 0 Å². The van der Waals surface area contributed by atoms with E-state index in [1.165, 1.54) is 16.4 Å². The Bertz CT molecular complexity index is 715. The van der Waals surface area contributed by atoms with Crippen molar-refractivity contribution < 1.29 is 10.2 Å². The maximum absolute atomic E-state index is 12.2. The first-order valence-electron chi connectivity index (χ1n) is 6.64. The van der Waals surface area contributed by atoms with Crippen molar-refractivity contribution >= 4 is 0 Å². The van der Waals surface area contributed by atoms with E-state index in [4.69, 9.17) is 0 Å². The number of hydrogen-bond donors (Lipinski definition) is 2. The van der Waals surface area contributed by atoms with Gasteiger partial charge < -0.3 is 10.2 Å². The number of nitrogens with zero attached hydrogens (tertiary/aromatic N) is 3. The van der Waals surface area contributed by atoms with E-state index in [-0.39, 0.29) is 5.41 Å². The lowest BCUT2D eigenvalue weighted by atomic mass is 9.73. The molecular weight excluding hydrogens is 262 g/mol. The molecule has 4 rings (SSSR count). The molecule has 0 saturated heterocycles. The molecule has 3 heterocycles. The van der Waals surface area contributed by atoms with Crippen LogP contribution in [0.15, 0.2) is 21.2 Å². The number of aromatic nitrogens is 3. The topological polar surface area (TPSA) is 89.4 Å². The zero-order valence-electron chi connectivity index (χ0n) is 11.9. The molecule has 0 saturated carbocycles. The van der Waals surface area contributed by atoms with Crippen molar-refractivity contribution in [2.45, 2.75) is 45.1 Å². The van der Waals surface area contributed by atoms with Crippen LogP contribution in [0.25, 0.3) is 0 Å². The predicted molar refractivity (Wildman–Crippen MR) is 71.6 cm³/mol. The molecule has 0 fully saturated rings. The van der Waals surface area contributed by atoms with Gasteiger partial charge in [0.25, 0.3) is 0 Å². The van der Waals surface area contributed by atoms with Gasteiger partial charge in [-0.2, -0.15) is 0 Å². The first kappa shape index (κ1) is 13.4. The molecule has 3 aliphatic rings. The summed E-state index contributed by atoms with van der Waals surface area (Å²) in [6.45, 7) is 5.94. The number of aliphatic hydroxyl groups excluding tert-OH is 2. The Morgan fingerprint density at radius 3 is 2.15 bits per heavy atom. The first-order chi connectivity index (χ1) is 9.16. The highest BCUT2D eigenvalue weighted by Crippen LogP contribution is 2.46. The Morgan fingerprint density at radius 1 is 1.05 bits per heavy atom. The average molecular weight is 281 g/mol. The van der Waals surface area contributed by atoms with Crippen LogP contribution < -0.4 is 11.4 Å². The van der Waals surface area contributed by atoms with Crippen molar-refractivity contribution in [1.29, 1.82) is 0 Å². The summed E-state index contributed by atoms with van der Waals surface area (Å²) < 4.78 is 3.54. The Labute approximate surface area is 115 Å². The van der Waals surface area contributed by atoms with E-state index in [1.807, 2.05) is 26.8 Å². The van der Waals surface area contributed by atoms with Crippen molar-refractivity contribution in [1.82, 2.24) is 13.9 Å². The molecule has 7 nitrogen and oxygen atoms in total. The van der Waals surface area contributed by atoms with Gasteiger partial charge in [0, 0.05) is 7.05 Å². The zero-order chi connectivity index (χ0) is 15.0. The lowest BCUT2D eigenvalue weighted by Crippen LogP contribution is -2.57. The summed E-state index contributed by atoms with van der Waals surface area (Å²) in [7, 11) is 1.40. The largest absolute Gasteiger partial charge is 0.388 e. The number of fused-ring (bicyclic) bond motifs is 1. The van der Waals surface area contributed by atoms with Gasteiger partial charge in [-0.05, 0) is 11.0 Å². The normalized spacial score (nSPS) is 32.2. The molecule has 4 atom stereocenters. The highest BCUT2D eigenvalue weighted by atomic mass is 16.3. The molecule has 0 amide bonds. The second-order valence-electron chi connectivity index (χ2n) is 6.60. The molecule has 2 aliphatic heterocycles. The van der Waals surface area contributed by atoms with E-state index in [0.29, 0.717) is 0 Å². The zero-order valence-corrected chi connectivity index (χ0v) is 11.9. The molecule has 110 valence electrons. The van der Waals surface area contributed by atoms with Gasteiger partial charge in [0.05, 0.1) is 0 Å². The Morgan fingerprint density at radius 2 is 1.60 bits per heavy atom. The molecule has 7 heteroatoms. The molecule has 0 spiro atoms. The SMILES string of the molecule is Cn1c(=O)n2n(c1=O)C1C(C(C)(C)C)=CC2C(O)C1O. The minimum absolute atomic E-state index is 0.263. The monoisotopic (exact) mass is 281 g/mol. The quantitative estimate of drug-likeness (QED) is 0.606. The summed E-state index contributed by atoms with van der Waals surface area (Å²) in [6.07, 6.45) is -0.354. The fraction of sp³-hybridized carbons (Fsp3) is 0.692. The van der Waals surface area contributed by atoms with E-state index in [0.717, 1.165) is 10.1 Å². The van der Waals surface area contributed by atoms with Crippen LogP contribution in [0.2, 0.25) is 0 Å². The summed E-state index contributed by atoms with van der Waals surface area (Å²) in [5.41, 5.74) is -0.334. The van der Waals surface area contributed by atoms with E-state index in [9.17, 15) is 19.8 Å². The minimum atomic E-state index is -1.08. The lowest BCUT2D eigenvalue weighted by molar-refractivity contribution is -0.0732. The first-order valence-corrected chi connectivity index (χ1v) is 6.64. The fourth-order valence-corrected chi connectivity index (χ4v) is 3.24. The van der Waals surface area contributed by atoms with Gasteiger partial charge in [0.1, 0.15) is 24.3 Å². The third kappa shape index (κ3) is 1.42. The average Bonchev–Trinajstić information content (AvgIpc) is 2.59. The second-order valence-corrected chi connectivity index (χ2v) is 6.60. The molecule has 1 aliphatic carbocycles. The highest BCUT2D eigenvalue weighted by molar-refractivity contribution is 5.29. The van der Waals surface area contributed by atoms with E-state index in [2.05, 4.69) is 0 Å². The van der Waals surface area contributed by atoms with Crippen LogP contribution in [0, 0.1) is 5.41 Å². The highest BCUT2D eigenvalue weighted by Gasteiger charge is 2.50. The Hall–Kier alpha value is -1.60. The molecule has 0 radical (unpaired) electrons. The van der Waals surface area contributed by atoms with Gasteiger partial charge in [-0.1, -0.05) is 26.8 Å². The van der Waals surface area contributed by atoms with Crippen LogP contribution in [0.3, 0.4) is 0 Å². The van der Waals surface area contributed by atoms with Crippen LogP contribution in [0.5, 0.6) is 0 Å². The molecule has 0 aromatic carbocycles. The number of hydrogen-bond acceptors (Lipinski definition) is 4. The van der Waals surface area contributed by atoms with Gasteiger partial charge in [0.15, 0.2) is 0 Å². The Kier molecular flexibility index (Phi) is 2.50. The summed E-state index contributed by atoms with van der Waals surface area (Å²) in [6, 6.07) is -1.40. The maximum Gasteiger partial charge on any atom is 0.347 e.